The number of Topliss-reactive ketones (excluding diaryl/α,β-unsaturated/α-hetero) is 1. The molecule has 158 valence electrons. The fourth-order valence-corrected chi connectivity index (χ4v) is 4.06. The number of carbonyl (C=O) groups is 2. The van der Waals surface area contributed by atoms with Crippen LogP contribution in [0.3, 0.4) is 0 Å². The molecule has 0 unspecified atom stereocenters. The molecule has 1 aliphatic heterocycles. The predicted molar refractivity (Wildman–Crippen MR) is 120 cm³/mol. The Morgan fingerprint density at radius 1 is 1.06 bits per heavy atom. The molecule has 1 N–H and O–H groups in total. The maximum absolute atomic E-state index is 13.2. The first-order valence-corrected chi connectivity index (χ1v) is 10.6. The molecule has 0 saturated carbocycles. The van der Waals surface area contributed by atoms with Crippen molar-refractivity contribution in [2.24, 2.45) is 0 Å². The number of benzene rings is 2. The molecule has 4 rings (SSSR count). The Labute approximate surface area is 182 Å². The van der Waals surface area contributed by atoms with Gasteiger partial charge in [-0.05, 0) is 42.7 Å². The van der Waals surface area contributed by atoms with E-state index in [4.69, 9.17) is 0 Å². The van der Waals surface area contributed by atoms with Gasteiger partial charge in [0.2, 0.25) is 0 Å². The van der Waals surface area contributed by atoms with E-state index in [1.54, 1.807) is 18.5 Å². The molecule has 31 heavy (non-hydrogen) atoms. The number of β-amino-alcohol motifs (C(OH)–C–C–N with tert-alkyl or cyclic N) is 1. The van der Waals surface area contributed by atoms with Crippen LogP contribution in [-0.4, -0.2) is 45.4 Å². The second-order valence-corrected chi connectivity index (χ2v) is 8.14. The second-order valence-electron chi connectivity index (χ2n) is 8.14. The Bertz CT molecular complexity index is 1060. The lowest BCUT2D eigenvalue weighted by atomic mass is 10.00. The van der Waals surface area contributed by atoms with Gasteiger partial charge in [-0.25, -0.2) is 0 Å². The summed E-state index contributed by atoms with van der Waals surface area (Å²) in [4.78, 5) is 31.9. The first-order valence-electron chi connectivity index (χ1n) is 10.6. The molecule has 2 aromatic carbocycles. The van der Waals surface area contributed by atoms with Crippen molar-refractivity contribution in [3.63, 3.8) is 0 Å². The highest BCUT2D eigenvalue weighted by Crippen LogP contribution is 2.25. The maximum atomic E-state index is 13.2. The lowest BCUT2D eigenvalue weighted by Gasteiger charge is -2.24. The molecule has 1 fully saturated rings. The summed E-state index contributed by atoms with van der Waals surface area (Å²) >= 11 is 0. The third-order valence-corrected chi connectivity index (χ3v) is 5.80. The molecule has 1 aromatic heterocycles. The van der Waals surface area contributed by atoms with Crippen molar-refractivity contribution in [1.82, 2.24) is 9.88 Å². The van der Waals surface area contributed by atoms with Crippen molar-refractivity contribution in [1.29, 1.82) is 0 Å². The number of pyridine rings is 1. The van der Waals surface area contributed by atoms with Crippen molar-refractivity contribution >= 4 is 11.7 Å². The van der Waals surface area contributed by atoms with Crippen molar-refractivity contribution in [2.45, 2.75) is 38.3 Å². The zero-order chi connectivity index (χ0) is 21.8. The van der Waals surface area contributed by atoms with Crippen molar-refractivity contribution in [3.05, 3.63) is 89.7 Å². The topological polar surface area (TPSA) is 70.5 Å². The van der Waals surface area contributed by atoms with Crippen LogP contribution in [0.2, 0.25) is 0 Å². The zero-order valence-corrected chi connectivity index (χ0v) is 17.6. The molecule has 0 aliphatic carbocycles. The van der Waals surface area contributed by atoms with E-state index >= 15 is 0 Å². The highest BCUT2D eigenvalue weighted by molar-refractivity contribution is 5.99. The minimum Gasteiger partial charge on any atom is -0.391 e. The third kappa shape index (κ3) is 4.89. The van der Waals surface area contributed by atoms with Gasteiger partial charge in [0.05, 0.1) is 12.1 Å². The smallest absolute Gasteiger partial charge is 0.254 e. The van der Waals surface area contributed by atoms with Crippen LogP contribution in [0, 0.1) is 6.92 Å². The summed E-state index contributed by atoms with van der Waals surface area (Å²) in [5.74, 6) is -0.232. The third-order valence-electron chi connectivity index (χ3n) is 5.80. The number of nitrogens with zero attached hydrogens (tertiary/aromatic N) is 2. The van der Waals surface area contributed by atoms with Gasteiger partial charge >= 0.3 is 0 Å². The lowest BCUT2D eigenvalue weighted by Crippen LogP contribution is -2.40. The minimum absolute atomic E-state index is 0.00566. The number of aryl methyl sites for hydroxylation is 2. The SMILES string of the molecule is Cc1ccc(CCC(=O)[C@@H]2C[C@@H](O)CN2C(=O)c2cccc(-c3cccnc3)c2)cc1. The van der Waals surface area contributed by atoms with Gasteiger partial charge in [0.15, 0.2) is 5.78 Å². The van der Waals surface area contributed by atoms with Gasteiger partial charge < -0.3 is 10.0 Å². The first-order chi connectivity index (χ1) is 15.0. The average molecular weight is 415 g/mol. The molecule has 0 spiro atoms. The Hall–Kier alpha value is -3.31. The van der Waals surface area contributed by atoms with Crippen LogP contribution in [0.15, 0.2) is 73.1 Å². The summed E-state index contributed by atoms with van der Waals surface area (Å²) in [6.45, 7) is 2.21. The summed E-state index contributed by atoms with van der Waals surface area (Å²) in [6, 6.07) is 18.6. The van der Waals surface area contributed by atoms with Gasteiger partial charge in [0.1, 0.15) is 0 Å². The largest absolute Gasteiger partial charge is 0.391 e. The Balaban J connectivity index is 1.49. The van der Waals surface area contributed by atoms with E-state index in [1.807, 2.05) is 61.5 Å². The lowest BCUT2D eigenvalue weighted by molar-refractivity contribution is -0.122. The van der Waals surface area contributed by atoms with Crippen molar-refractivity contribution in [3.8, 4) is 11.1 Å². The number of amides is 1. The van der Waals surface area contributed by atoms with Gasteiger partial charge in [-0.2, -0.15) is 0 Å². The minimum atomic E-state index is -0.682. The van der Waals surface area contributed by atoms with Crippen LogP contribution in [0.4, 0.5) is 0 Å². The molecule has 2 heterocycles. The van der Waals surface area contributed by atoms with E-state index in [9.17, 15) is 14.7 Å². The normalized spacial score (nSPS) is 18.2. The molecule has 0 bridgehead atoms. The average Bonchev–Trinajstić information content (AvgIpc) is 3.20. The van der Waals surface area contributed by atoms with Gasteiger partial charge in [-0.1, -0.05) is 48.0 Å². The fourth-order valence-electron chi connectivity index (χ4n) is 4.06. The number of aliphatic hydroxyl groups excluding tert-OH is 1. The maximum Gasteiger partial charge on any atom is 0.254 e. The van der Waals surface area contributed by atoms with Crippen LogP contribution in [0.25, 0.3) is 11.1 Å². The Morgan fingerprint density at radius 3 is 2.58 bits per heavy atom. The van der Waals surface area contributed by atoms with Crippen molar-refractivity contribution in [2.75, 3.05) is 6.54 Å². The summed E-state index contributed by atoms with van der Waals surface area (Å²) in [7, 11) is 0. The van der Waals surface area contributed by atoms with Gasteiger partial charge in [0.25, 0.3) is 5.91 Å². The highest BCUT2D eigenvalue weighted by atomic mass is 16.3. The number of hydrogen-bond donors (Lipinski definition) is 1. The molecular weight excluding hydrogens is 388 g/mol. The van der Waals surface area contributed by atoms with Crippen molar-refractivity contribution < 1.29 is 14.7 Å². The van der Waals surface area contributed by atoms with E-state index in [0.29, 0.717) is 24.8 Å². The predicted octanol–water partition coefficient (Wildman–Crippen LogP) is 3.83. The number of carbonyl (C=O) groups excluding carboxylic acids is 2. The fraction of sp³-hybridized carbons (Fsp3) is 0.269. The number of aromatic nitrogens is 1. The van der Waals surface area contributed by atoms with Gasteiger partial charge in [-0.3, -0.25) is 14.6 Å². The molecule has 3 aromatic rings. The van der Waals surface area contributed by atoms with Gasteiger partial charge in [-0.15, -0.1) is 0 Å². The van der Waals surface area contributed by atoms with Crippen LogP contribution in [0.1, 0.15) is 34.3 Å². The van der Waals surface area contributed by atoms with Crippen LogP contribution < -0.4 is 0 Å². The number of rotatable bonds is 6. The Morgan fingerprint density at radius 2 is 1.84 bits per heavy atom. The first kappa shape index (κ1) is 20.9. The number of likely N-dealkylation sites (tertiary alicyclic amines) is 1. The second kappa shape index (κ2) is 9.23. The monoisotopic (exact) mass is 414 g/mol. The van der Waals surface area contributed by atoms with Gasteiger partial charge in [0, 0.05) is 42.9 Å². The summed E-state index contributed by atoms with van der Waals surface area (Å²) in [5, 5.41) is 10.2. The molecule has 1 amide bonds. The van der Waals surface area contributed by atoms with Crippen LogP contribution in [0.5, 0.6) is 0 Å². The molecule has 0 radical (unpaired) electrons. The van der Waals surface area contributed by atoms with Crippen LogP contribution in [-0.2, 0) is 11.2 Å². The zero-order valence-electron chi connectivity index (χ0n) is 17.6. The van der Waals surface area contributed by atoms with E-state index < -0.39 is 12.1 Å². The van der Waals surface area contributed by atoms with E-state index in [2.05, 4.69) is 4.98 Å². The molecule has 2 atom stereocenters. The Kier molecular flexibility index (Phi) is 6.23. The molecule has 1 aliphatic rings. The molecule has 5 nitrogen and oxygen atoms in total. The molecular formula is C26H26N2O3. The quantitative estimate of drug-likeness (QED) is 0.665. The van der Waals surface area contributed by atoms with E-state index in [-0.39, 0.29) is 18.2 Å². The van der Waals surface area contributed by atoms with Crippen LogP contribution >= 0.6 is 0 Å². The van der Waals surface area contributed by atoms with E-state index in [0.717, 1.165) is 16.7 Å². The summed E-state index contributed by atoms with van der Waals surface area (Å²) in [5.41, 5.74) is 4.59. The molecule has 1 saturated heterocycles. The number of hydrogen-bond acceptors (Lipinski definition) is 4. The van der Waals surface area contributed by atoms with E-state index in [1.165, 1.54) is 10.5 Å². The number of aliphatic hydroxyl groups is 1. The summed E-state index contributed by atoms with van der Waals surface area (Å²) in [6.07, 6.45) is 4.04. The standard InChI is InChI=1S/C26H26N2O3/c1-18-7-9-19(10-8-18)11-12-25(30)24-15-23(29)17-28(24)26(31)21-5-2-4-20(14-21)22-6-3-13-27-16-22/h2-10,13-14,16,23-24,29H,11-12,15,17H2,1H3/t23-,24+/m1/s1. The molecule has 5 heteroatoms. The summed E-state index contributed by atoms with van der Waals surface area (Å²) < 4.78 is 0. The number of ketones is 1. The highest BCUT2D eigenvalue weighted by Gasteiger charge is 2.38.